The Morgan fingerprint density at radius 3 is 2.52 bits per heavy atom. The van der Waals surface area contributed by atoms with Crippen molar-refractivity contribution in [2.24, 2.45) is 5.92 Å². The lowest BCUT2D eigenvalue weighted by atomic mass is 10.2. The van der Waals surface area contributed by atoms with E-state index < -0.39 is 10.0 Å². The van der Waals surface area contributed by atoms with Crippen molar-refractivity contribution < 1.29 is 22.5 Å². The highest BCUT2D eigenvalue weighted by molar-refractivity contribution is 7.89. The molecule has 1 N–H and O–H groups in total. The summed E-state index contributed by atoms with van der Waals surface area (Å²) in [5.41, 5.74) is 2.00. The summed E-state index contributed by atoms with van der Waals surface area (Å²) in [5, 5.41) is 6.80. The third-order valence-electron chi connectivity index (χ3n) is 5.00. The zero-order valence-electron chi connectivity index (χ0n) is 16.1. The van der Waals surface area contributed by atoms with E-state index in [4.69, 9.17) is 9.26 Å². The van der Waals surface area contributed by atoms with E-state index in [1.807, 2.05) is 0 Å². The van der Waals surface area contributed by atoms with E-state index >= 15 is 0 Å². The van der Waals surface area contributed by atoms with Crippen LogP contribution in [0.1, 0.15) is 29.9 Å². The molecule has 0 spiro atoms. The van der Waals surface area contributed by atoms with Gasteiger partial charge >= 0.3 is 0 Å². The Labute approximate surface area is 169 Å². The lowest BCUT2D eigenvalue weighted by molar-refractivity contribution is -0.117. The van der Waals surface area contributed by atoms with Gasteiger partial charge in [-0.3, -0.25) is 4.79 Å². The Morgan fingerprint density at radius 1 is 1.17 bits per heavy atom. The second kappa shape index (κ2) is 8.10. The molecule has 154 valence electrons. The summed E-state index contributed by atoms with van der Waals surface area (Å²) < 4.78 is 37.3. The predicted molar refractivity (Wildman–Crippen MR) is 108 cm³/mol. The number of amides is 1. The average molecular weight is 417 g/mol. The van der Waals surface area contributed by atoms with Crippen molar-refractivity contribution in [1.82, 2.24) is 9.46 Å². The molecule has 1 aliphatic heterocycles. The number of rotatable bonds is 6. The van der Waals surface area contributed by atoms with Crippen molar-refractivity contribution in [2.45, 2.75) is 24.7 Å². The fourth-order valence-electron chi connectivity index (χ4n) is 3.08. The Bertz CT molecular complexity index is 1020. The number of hydrogen-bond donors (Lipinski definition) is 1. The lowest BCUT2D eigenvalue weighted by Crippen LogP contribution is -2.40. The van der Waals surface area contributed by atoms with E-state index in [0.717, 1.165) is 18.4 Å². The van der Waals surface area contributed by atoms with Crippen LogP contribution in [0.2, 0.25) is 0 Å². The van der Waals surface area contributed by atoms with Crippen LogP contribution >= 0.6 is 0 Å². The van der Waals surface area contributed by atoms with E-state index in [1.54, 1.807) is 43.3 Å². The number of carbonyl (C=O) groups excluding carboxylic acids is 1. The SMILES string of the molecule is Cc1noc(/C=C\c2ccc(S(=O)(=O)N3CCOCC3)cc2)c1NC(=O)C1CC1. The summed E-state index contributed by atoms with van der Waals surface area (Å²) in [5.74, 6) is 0.534. The molecule has 1 aromatic carbocycles. The molecule has 1 amide bonds. The molecule has 2 heterocycles. The molecule has 2 fully saturated rings. The molecule has 1 aromatic heterocycles. The van der Waals surface area contributed by atoms with Gasteiger partial charge in [0.2, 0.25) is 15.9 Å². The molecule has 1 saturated carbocycles. The molecule has 0 radical (unpaired) electrons. The van der Waals surface area contributed by atoms with Crippen LogP contribution in [0.3, 0.4) is 0 Å². The van der Waals surface area contributed by atoms with Crippen molar-refractivity contribution >= 4 is 33.8 Å². The maximum Gasteiger partial charge on any atom is 0.243 e. The van der Waals surface area contributed by atoms with Crippen LogP contribution in [0.15, 0.2) is 33.7 Å². The molecule has 2 aromatic rings. The van der Waals surface area contributed by atoms with Gasteiger partial charge in [0, 0.05) is 19.0 Å². The Hall–Kier alpha value is -2.49. The summed E-state index contributed by atoms with van der Waals surface area (Å²) in [6.07, 6.45) is 5.34. The number of hydrogen-bond acceptors (Lipinski definition) is 6. The van der Waals surface area contributed by atoms with Crippen LogP contribution in [0.25, 0.3) is 12.2 Å². The number of nitrogens with one attached hydrogen (secondary N) is 1. The molecule has 4 rings (SSSR count). The number of aryl methyl sites for hydroxylation is 1. The Balaban J connectivity index is 1.48. The summed E-state index contributed by atoms with van der Waals surface area (Å²) in [7, 11) is -3.51. The van der Waals surface area contributed by atoms with Crippen LogP contribution < -0.4 is 5.32 Å². The van der Waals surface area contributed by atoms with Gasteiger partial charge in [-0.05, 0) is 43.5 Å². The maximum atomic E-state index is 12.7. The van der Waals surface area contributed by atoms with E-state index in [0.29, 0.717) is 43.4 Å². The molecule has 1 saturated heterocycles. The van der Waals surface area contributed by atoms with Gasteiger partial charge in [0.15, 0.2) is 5.76 Å². The molecular weight excluding hydrogens is 394 g/mol. The third-order valence-corrected chi connectivity index (χ3v) is 6.91. The van der Waals surface area contributed by atoms with Gasteiger partial charge in [0.1, 0.15) is 11.4 Å². The van der Waals surface area contributed by atoms with Gasteiger partial charge in [0.25, 0.3) is 0 Å². The largest absolute Gasteiger partial charge is 0.379 e. The van der Waals surface area contributed by atoms with Gasteiger partial charge in [-0.25, -0.2) is 8.42 Å². The molecule has 0 bridgehead atoms. The van der Waals surface area contributed by atoms with E-state index in [-0.39, 0.29) is 16.7 Å². The normalized spacial score (nSPS) is 18.2. The number of morpholine rings is 1. The monoisotopic (exact) mass is 417 g/mol. The number of nitrogens with zero attached hydrogens (tertiary/aromatic N) is 2. The van der Waals surface area contributed by atoms with Gasteiger partial charge in [-0.2, -0.15) is 4.31 Å². The Morgan fingerprint density at radius 2 is 1.86 bits per heavy atom. The molecule has 2 aliphatic rings. The van der Waals surface area contributed by atoms with Crippen LogP contribution in [0, 0.1) is 12.8 Å². The fraction of sp³-hybridized carbons (Fsp3) is 0.400. The standard InChI is InChI=1S/C20H23N3O5S/c1-14-19(21-20(24)16-5-6-16)18(28-22-14)9-4-15-2-7-17(8-3-15)29(25,26)23-10-12-27-13-11-23/h2-4,7-9,16H,5-6,10-13H2,1H3,(H,21,24)/b9-4-. The number of carbonyl (C=O) groups is 1. The lowest BCUT2D eigenvalue weighted by Gasteiger charge is -2.26. The Kier molecular flexibility index (Phi) is 5.53. The highest BCUT2D eigenvalue weighted by Gasteiger charge is 2.31. The summed E-state index contributed by atoms with van der Waals surface area (Å²) >= 11 is 0. The first kappa shape index (κ1) is 19.8. The number of anilines is 1. The first-order chi connectivity index (χ1) is 13.9. The predicted octanol–water partition coefficient (Wildman–Crippen LogP) is 2.52. The second-order valence-corrected chi connectivity index (χ2v) is 9.13. The van der Waals surface area contributed by atoms with Crippen molar-refractivity contribution in [3.8, 4) is 0 Å². The van der Waals surface area contributed by atoms with Gasteiger partial charge in [0.05, 0.1) is 18.1 Å². The van der Waals surface area contributed by atoms with Crippen molar-refractivity contribution in [1.29, 1.82) is 0 Å². The van der Waals surface area contributed by atoms with E-state index in [2.05, 4.69) is 10.5 Å². The summed E-state index contributed by atoms with van der Waals surface area (Å²) in [6.45, 7) is 3.33. The zero-order chi connectivity index (χ0) is 20.4. The second-order valence-electron chi connectivity index (χ2n) is 7.19. The number of ether oxygens (including phenoxy) is 1. The highest BCUT2D eigenvalue weighted by Crippen LogP contribution is 2.32. The minimum absolute atomic E-state index is 0.0105. The van der Waals surface area contributed by atoms with Crippen LogP contribution in [-0.2, 0) is 19.6 Å². The maximum absolute atomic E-state index is 12.7. The third kappa shape index (κ3) is 4.42. The summed E-state index contributed by atoms with van der Waals surface area (Å²) in [6, 6.07) is 6.64. The number of sulfonamides is 1. The highest BCUT2D eigenvalue weighted by atomic mass is 32.2. The molecule has 29 heavy (non-hydrogen) atoms. The minimum Gasteiger partial charge on any atom is -0.379 e. The van der Waals surface area contributed by atoms with Crippen LogP contribution in [0.4, 0.5) is 5.69 Å². The number of aromatic nitrogens is 1. The summed E-state index contributed by atoms with van der Waals surface area (Å²) in [4.78, 5) is 12.3. The molecule has 8 nitrogen and oxygen atoms in total. The first-order valence-corrected chi connectivity index (χ1v) is 11.0. The zero-order valence-corrected chi connectivity index (χ0v) is 16.9. The number of benzene rings is 1. The molecule has 0 atom stereocenters. The minimum atomic E-state index is -3.51. The van der Waals surface area contributed by atoms with Gasteiger partial charge < -0.3 is 14.6 Å². The molecule has 1 aliphatic carbocycles. The van der Waals surface area contributed by atoms with Crippen molar-refractivity contribution in [3.63, 3.8) is 0 Å². The van der Waals surface area contributed by atoms with Crippen molar-refractivity contribution in [2.75, 3.05) is 31.6 Å². The topological polar surface area (TPSA) is 102 Å². The fourth-order valence-corrected chi connectivity index (χ4v) is 4.49. The first-order valence-electron chi connectivity index (χ1n) is 9.58. The average Bonchev–Trinajstić information content (AvgIpc) is 3.53. The van der Waals surface area contributed by atoms with Gasteiger partial charge in [-0.1, -0.05) is 23.4 Å². The van der Waals surface area contributed by atoms with Crippen LogP contribution in [0.5, 0.6) is 0 Å². The van der Waals surface area contributed by atoms with Gasteiger partial charge in [-0.15, -0.1) is 0 Å². The quantitative estimate of drug-likeness (QED) is 0.775. The van der Waals surface area contributed by atoms with E-state index in [9.17, 15) is 13.2 Å². The molecule has 0 unspecified atom stereocenters. The van der Waals surface area contributed by atoms with Crippen LogP contribution in [-0.4, -0.2) is 50.1 Å². The van der Waals surface area contributed by atoms with E-state index in [1.165, 1.54) is 4.31 Å². The van der Waals surface area contributed by atoms with Crippen molar-refractivity contribution in [3.05, 3.63) is 41.3 Å². The molecular formula is C20H23N3O5S. The molecule has 9 heteroatoms. The smallest absolute Gasteiger partial charge is 0.243 e.